The molecule has 1 heterocycles. The first-order chi connectivity index (χ1) is 8.71. The van der Waals surface area contributed by atoms with E-state index in [1.165, 1.54) is 18.3 Å². The molecule has 0 bridgehead atoms. The predicted octanol–water partition coefficient (Wildman–Crippen LogP) is 0.975. The van der Waals surface area contributed by atoms with Gasteiger partial charge in [0.25, 0.3) is 0 Å². The number of pyridine rings is 1. The summed E-state index contributed by atoms with van der Waals surface area (Å²) in [5, 5.41) is 8.33. The van der Waals surface area contributed by atoms with Crippen LogP contribution >= 0.6 is 0 Å². The Morgan fingerprint density at radius 3 is 2.58 bits per heavy atom. The molecule has 0 unspecified atom stereocenters. The number of hydrogen-bond acceptors (Lipinski definition) is 3. The molecule has 1 rings (SSSR count). The third-order valence-electron chi connectivity index (χ3n) is 2.26. The molecule has 0 spiro atoms. The summed E-state index contributed by atoms with van der Waals surface area (Å²) in [6.45, 7) is 3.29. The standard InChI is InChI=1S/C12H15NO5S/c1-9(2)5-6-10-4-3-7-13(8-11(14)15)12(10)19(16,17)18/h3-7,9H,8H2,1-2H3,(H-,14,15,16,17,18)/p+1/b6-5+. The number of allylic oxidation sites excluding steroid dienone is 1. The first kappa shape index (κ1) is 15.3. The van der Waals surface area contributed by atoms with Crippen molar-refractivity contribution in [1.82, 2.24) is 0 Å². The highest BCUT2D eigenvalue weighted by Crippen LogP contribution is 2.13. The second kappa shape index (κ2) is 5.94. The molecule has 0 amide bonds. The number of aliphatic carboxylic acids is 1. The lowest BCUT2D eigenvalue weighted by Gasteiger charge is -2.03. The molecule has 104 valence electrons. The molecule has 2 N–H and O–H groups in total. The Bertz CT molecular complexity index is 605. The average molecular weight is 286 g/mol. The molecule has 0 saturated heterocycles. The van der Waals surface area contributed by atoms with E-state index in [0.717, 1.165) is 4.57 Å². The molecule has 6 nitrogen and oxygen atoms in total. The molecule has 19 heavy (non-hydrogen) atoms. The van der Waals surface area contributed by atoms with Crippen molar-refractivity contribution < 1.29 is 27.4 Å². The summed E-state index contributed by atoms with van der Waals surface area (Å²) < 4.78 is 33.1. The van der Waals surface area contributed by atoms with E-state index >= 15 is 0 Å². The zero-order valence-electron chi connectivity index (χ0n) is 10.6. The molecule has 7 heteroatoms. The lowest BCUT2D eigenvalue weighted by molar-refractivity contribution is -0.723. The molecular weight excluding hydrogens is 270 g/mol. The number of carbonyl (C=O) groups is 1. The summed E-state index contributed by atoms with van der Waals surface area (Å²) in [6.07, 6.45) is 4.60. The van der Waals surface area contributed by atoms with Crippen molar-refractivity contribution in [2.24, 2.45) is 5.92 Å². The molecule has 0 aromatic carbocycles. The van der Waals surface area contributed by atoms with Crippen LogP contribution in [0.2, 0.25) is 0 Å². The maximum absolute atomic E-state index is 11.4. The van der Waals surface area contributed by atoms with Crippen LogP contribution in [0.3, 0.4) is 0 Å². The Morgan fingerprint density at radius 1 is 1.47 bits per heavy atom. The number of carboxylic acids is 1. The Morgan fingerprint density at radius 2 is 2.11 bits per heavy atom. The van der Waals surface area contributed by atoms with Gasteiger partial charge in [0.15, 0.2) is 6.20 Å². The van der Waals surface area contributed by atoms with E-state index < -0.39 is 27.7 Å². The Kier molecular flexibility index (Phi) is 4.79. The van der Waals surface area contributed by atoms with Crippen LogP contribution in [0.5, 0.6) is 0 Å². The highest BCUT2D eigenvalue weighted by atomic mass is 32.2. The average Bonchev–Trinajstić information content (AvgIpc) is 2.23. The SMILES string of the molecule is CC(C)/C=C/c1ccc[n+](CC(=O)O)c1S(=O)(=O)O. The van der Waals surface area contributed by atoms with Gasteiger partial charge in [0.05, 0.1) is 5.56 Å². The van der Waals surface area contributed by atoms with Crippen LogP contribution in [-0.2, 0) is 21.5 Å². The summed E-state index contributed by atoms with van der Waals surface area (Å²) in [5.74, 6) is -0.998. The Labute approximate surface area is 111 Å². The lowest BCUT2D eigenvalue weighted by Crippen LogP contribution is -2.43. The molecule has 0 fully saturated rings. The van der Waals surface area contributed by atoms with Crippen LogP contribution in [0.15, 0.2) is 29.4 Å². The molecule has 1 aromatic heterocycles. The van der Waals surface area contributed by atoms with Crippen LogP contribution < -0.4 is 4.57 Å². The van der Waals surface area contributed by atoms with Crippen LogP contribution in [0.4, 0.5) is 0 Å². The zero-order chi connectivity index (χ0) is 14.6. The fraction of sp³-hybridized carbons (Fsp3) is 0.333. The van der Waals surface area contributed by atoms with Gasteiger partial charge in [0, 0.05) is 6.07 Å². The number of aromatic nitrogens is 1. The summed E-state index contributed by atoms with van der Waals surface area (Å²) >= 11 is 0. The number of rotatable bonds is 5. The minimum Gasteiger partial charge on any atom is -0.477 e. The maximum atomic E-state index is 11.4. The van der Waals surface area contributed by atoms with E-state index in [9.17, 15) is 17.8 Å². The zero-order valence-corrected chi connectivity index (χ0v) is 11.5. The highest BCUT2D eigenvalue weighted by Gasteiger charge is 2.28. The number of carboxylic acid groups (broad SMARTS) is 1. The smallest absolute Gasteiger partial charge is 0.370 e. The topological polar surface area (TPSA) is 95.5 Å². The van der Waals surface area contributed by atoms with E-state index in [2.05, 4.69) is 0 Å². The minimum absolute atomic E-state index is 0.197. The van der Waals surface area contributed by atoms with Crippen molar-refractivity contribution in [3.63, 3.8) is 0 Å². The van der Waals surface area contributed by atoms with Crippen LogP contribution in [0.1, 0.15) is 19.4 Å². The normalized spacial score (nSPS) is 12.2. The van der Waals surface area contributed by atoms with Gasteiger partial charge in [-0.1, -0.05) is 26.0 Å². The van der Waals surface area contributed by atoms with E-state index in [1.807, 2.05) is 13.8 Å². The van der Waals surface area contributed by atoms with Gasteiger partial charge in [-0.05, 0) is 12.0 Å². The van der Waals surface area contributed by atoms with Gasteiger partial charge in [0.2, 0.25) is 6.54 Å². The second-order valence-electron chi connectivity index (χ2n) is 4.37. The van der Waals surface area contributed by atoms with Crippen molar-refractivity contribution in [3.05, 3.63) is 30.0 Å². The van der Waals surface area contributed by atoms with Gasteiger partial charge in [0.1, 0.15) is 0 Å². The first-order valence-electron chi connectivity index (χ1n) is 5.61. The van der Waals surface area contributed by atoms with E-state index in [4.69, 9.17) is 5.11 Å². The monoisotopic (exact) mass is 286 g/mol. The van der Waals surface area contributed by atoms with Crippen LogP contribution in [0, 0.1) is 5.92 Å². The third-order valence-corrected chi connectivity index (χ3v) is 3.22. The number of nitrogens with zero attached hydrogens (tertiary/aromatic N) is 1. The fourth-order valence-electron chi connectivity index (χ4n) is 1.55. The van der Waals surface area contributed by atoms with Gasteiger partial charge in [-0.3, -0.25) is 4.55 Å². The second-order valence-corrected chi connectivity index (χ2v) is 5.71. The predicted molar refractivity (Wildman–Crippen MR) is 68.0 cm³/mol. The lowest BCUT2D eigenvalue weighted by atomic mass is 10.1. The molecule has 0 radical (unpaired) electrons. The maximum Gasteiger partial charge on any atom is 0.370 e. The fourth-order valence-corrected chi connectivity index (χ4v) is 2.40. The Balaban J connectivity index is 3.43. The first-order valence-corrected chi connectivity index (χ1v) is 7.05. The van der Waals surface area contributed by atoms with Gasteiger partial charge in [-0.25, -0.2) is 4.79 Å². The van der Waals surface area contributed by atoms with E-state index in [1.54, 1.807) is 12.2 Å². The van der Waals surface area contributed by atoms with Crippen molar-refractivity contribution in [2.75, 3.05) is 0 Å². The summed E-state index contributed by atoms with van der Waals surface area (Å²) in [6, 6.07) is 3.03. The summed E-state index contributed by atoms with van der Waals surface area (Å²) in [4.78, 5) is 10.7. The largest absolute Gasteiger partial charge is 0.477 e. The molecule has 0 aliphatic rings. The van der Waals surface area contributed by atoms with Crippen molar-refractivity contribution in [1.29, 1.82) is 0 Å². The molecule has 0 aliphatic carbocycles. The molecule has 1 aromatic rings. The van der Waals surface area contributed by atoms with E-state index in [0.29, 0.717) is 0 Å². The van der Waals surface area contributed by atoms with Crippen LogP contribution in [-0.4, -0.2) is 24.0 Å². The van der Waals surface area contributed by atoms with E-state index in [-0.39, 0.29) is 11.5 Å². The van der Waals surface area contributed by atoms with Crippen molar-refractivity contribution in [3.8, 4) is 0 Å². The van der Waals surface area contributed by atoms with Gasteiger partial charge in [-0.2, -0.15) is 13.0 Å². The molecular formula is C12H16NO5S+. The quantitative estimate of drug-likeness (QED) is 0.621. The summed E-state index contributed by atoms with van der Waals surface area (Å²) in [5.41, 5.74) is 0.250. The minimum atomic E-state index is -4.51. The van der Waals surface area contributed by atoms with Crippen LogP contribution in [0.25, 0.3) is 6.08 Å². The highest BCUT2D eigenvalue weighted by molar-refractivity contribution is 7.85. The Hall–Kier alpha value is -1.73. The van der Waals surface area contributed by atoms with Crippen molar-refractivity contribution in [2.45, 2.75) is 25.4 Å². The molecule has 0 aliphatic heterocycles. The number of hydrogen-bond donors (Lipinski definition) is 2. The molecule has 0 saturated carbocycles. The van der Waals surface area contributed by atoms with Crippen molar-refractivity contribution >= 4 is 22.2 Å². The van der Waals surface area contributed by atoms with Gasteiger partial charge in [-0.15, -0.1) is 0 Å². The summed E-state index contributed by atoms with van der Waals surface area (Å²) in [7, 11) is -4.51. The van der Waals surface area contributed by atoms with Gasteiger partial charge >= 0.3 is 21.1 Å². The van der Waals surface area contributed by atoms with Gasteiger partial charge < -0.3 is 5.11 Å². The molecule has 0 atom stereocenters. The third kappa shape index (κ3) is 4.46.